The number of rotatable bonds is 8. The van der Waals surface area contributed by atoms with E-state index in [4.69, 9.17) is 4.74 Å². The van der Waals surface area contributed by atoms with E-state index in [1.807, 2.05) is 13.0 Å². The molecule has 0 radical (unpaired) electrons. The van der Waals surface area contributed by atoms with Crippen LogP contribution < -0.4 is 10.1 Å². The average molecular weight is 271 g/mol. The summed E-state index contributed by atoms with van der Waals surface area (Å²) in [6.07, 6.45) is 9.87. The van der Waals surface area contributed by atoms with Crippen molar-refractivity contribution in [3.8, 4) is 5.75 Å². The van der Waals surface area contributed by atoms with Gasteiger partial charge in [-0.3, -0.25) is 0 Å². The fourth-order valence-electron chi connectivity index (χ4n) is 2.94. The summed E-state index contributed by atoms with van der Waals surface area (Å²) in [5, 5.41) is 3.72. The Balaban J connectivity index is 1.45. The molecule has 1 N–H and O–H groups in total. The molecule has 20 heavy (non-hydrogen) atoms. The molecule has 1 aromatic carbocycles. The van der Waals surface area contributed by atoms with Gasteiger partial charge in [0.1, 0.15) is 12.4 Å². The van der Waals surface area contributed by atoms with E-state index in [2.05, 4.69) is 35.7 Å². The van der Waals surface area contributed by atoms with Gasteiger partial charge in [-0.25, -0.2) is 0 Å². The first-order chi connectivity index (χ1) is 9.88. The van der Waals surface area contributed by atoms with Crippen molar-refractivity contribution in [3.05, 3.63) is 35.9 Å². The molecule has 2 aliphatic carbocycles. The summed E-state index contributed by atoms with van der Waals surface area (Å²) in [4.78, 5) is 0. The van der Waals surface area contributed by atoms with Gasteiger partial charge < -0.3 is 10.1 Å². The first-order valence-corrected chi connectivity index (χ1v) is 7.96. The van der Waals surface area contributed by atoms with Crippen LogP contribution in [0.5, 0.6) is 5.75 Å². The van der Waals surface area contributed by atoms with Gasteiger partial charge in [0.05, 0.1) is 0 Å². The third-order valence-electron chi connectivity index (χ3n) is 4.26. The van der Waals surface area contributed by atoms with Gasteiger partial charge in [-0.15, -0.1) is 0 Å². The molecule has 2 aliphatic rings. The van der Waals surface area contributed by atoms with E-state index in [-0.39, 0.29) is 0 Å². The minimum atomic E-state index is 0.754. The van der Waals surface area contributed by atoms with Crippen molar-refractivity contribution >= 4 is 6.08 Å². The second-order valence-electron chi connectivity index (χ2n) is 6.04. The largest absolute Gasteiger partial charge is 0.492 e. The summed E-state index contributed by atoms with van der Waals surface area (Å²) in [5.41, 5.74) is 1.16. The van der Waals surface area contributed by atoms with Crippen molar-refractivity contribution in [1.29, 1.82) is 0 Å². The maximum absolute atomic E-state index is 5.93. The van der Waals surface area contributed by atoms with Crippen LogP contribution in [-0.4, -0.2) is 19.2 Å². The topological polar surface area (TPSA) is 21.3 Å². The van der Waals surface area contributed by atoms with Crippen LogP contribution in [0.25, 0.3) is 6.08 Å². The number of hydrogen-bond acceptors (Lipinski definition) is 2. The highest BCUT2D eigenvalue weighted by atomic mass is 16.5. The van der Waals surface area contributed by atoms with Crippen LogP contribution in [0.4, 0.5) is 0 Å². The van der Waals surface area contributed by atoms with Crippen molar-refractivity contribution < 1.29 is 4.74 Å². The molecule has 0 spiro atoms. The Bertz CT molecular complexity index is 448. The Morgan fingerprint density at radius 1 is 1.20 bits per heavy atom. The van der Waals surface area contributed by atoms with Crippen LogP contribution in [0.1, 0.15) is 38.2 Å². The summed E-state index contributed by atoms with van der Waals surface area (Å²) in [7, 11) is 0. The van der Waals surface area contributed by atoms with Crippen LogP contribution in [0, 0.1) is 11.8 Å². The molecule has 0 aromatic heterocycles. The molecule has 0 atom stereocenters. The Hall–Kier alpha value is -1.28. The molecule has 3 rings (SSSR count). The molecule has 2 fully saturated rings. The van der Waals surface area contributed by atoms with E-state index in [0.29, 0.717) is 0 Å². The zero-order valence-corrected chi connectivity index (χ0v) is 12.3. The SMILES string of the molecule is CC=Cc1ccccc1OCCNC(C1CC1)C1CC1. The summed E-state index contributed by atoms with van der Waals surface area (Å²) in [6, 6.07) is 9.00. The normalized spacial score (nSPS) is 18.9. The highest BCUT2D eigenvalue weighted by molar-refractivity contribution is 5.56. The number of allylic oxidation sites excluding steroid dienone is 1. The van der Waals surface area contributed by atoms with Crippen molar-refractivity contribution in [2.24, 2.45) is 11.8 Å². The van der Waals surface area contributed by atoms with Crippen LogP contribution >= 0.6 is 0 Å². The fraction of sp³-hybridized carbons (Fsp3) is 0.556. The second-order valence-corrected chi connectivity index (χ2v) is 6.04. The second kappa shape index (κ2) is 6.45. The molecule has 108 valence electrons. The van der Waals surface area contributed by atoms with Gasteiger partial charge in [0.15, 0.2) is 0 Å². The fourth-order valence-corrected chi connectivity index (χ4v) is 2.94. The smallest absolute Gasteiger partial charge is 0.126 e. The van der Waals surface area contributed by atoms with E-state index >= 15 is 0 Å². The molecule has 0 heterocycles. The number of ether oxygens (including phenoxy) is 1. The lowest BCUT2D eigenvalue weighted by atomic mass is 10.1. The van der Waals surface area contributed by atoms with E-state index < -0.39 is 0 Å². The van der Waals surface area contributed by atoms with E-state index in [0.717, 1.165) is 42.3 Å². The van der Waals surface area contributed by atoms with E-state index in [9.17, 15) is 0 Å². The summed E-state index contributed by atoms with van der Waals surface area (Å²) >= 11 is 0. The molecule has 0 saturated heterocycles. The highest BCUT2D eigenvalue weighted by Gasteiger charge is 2.40. The summed E-state index contributed by atoms with van der Waals surface area (Å²) in [5.74, 6) is 2.90. The molecule has 0 amide bonds. The third-order valence-corrected chi connectivity index (χ3v) is 4.26. The molecule has 1 aromatic rings. The van der Waals surface area contributed by atoms with Crippen LogP contribution in [0.15, 0.2) is 30.3 Å². The molecular weight excluding hydrogens is 246 g/mol. The monoisotopic (exact) mass is 271 g/mol. The lowest BCUT2D eigenvalue weighted by Crippen LogP contribution is -2.36. The molecule has 0 unspecified atom stereocenters. The predicted octanol–water partition coefficient (Wildman–Crippen LogP) is 3.88. The maximum atomic E-state index is 5.93. The number of hydrogen-bond donors (Lipinski definition) is 1. The predicted molar refractivity (Wildman–Crippen MR) is 83.9 cm³/mol. The molecular formula is C18H25NO. The Morgan fingerprint density at radius 3 is 2.55 bits per heavy atom. The third kappa shape index (κ3) is 3.63. The highest BCUT2D eigenvalue weighted by Crippen LogP contribution is 2.44. The minimum Gasteiger partial charge on any atom is -0.492 e. The van der Waals surface area contributed by atoms with Crippen molar-refractivity contribution in [2.45, 2.75) is 38.6 Å². The summed E-state index contributed by atoms with van der Waals surface area (Å²) in [6.45, 7) is 3.75. The van der Waals surface area contributed by atoms with Gasteiger partial charge in [0.2, 0.25) is 0 Å². The zero-order valence-electron chi connectivity index (χ0n) is 12.3. The lowest BCUT2D eigenvalue weighted by Gasteiger charge is -2.18. The van der Waals surface area contributed by atoms with Crippen LogP contribution in [0.3, 0.4) is 0 Å². The van der Waals surface area contributed by atoms with Crippen molar-refractivity contribution in [1.82, 2.24) is 5.32 Å². The molecule has 0 aliphatic heterocycles. The van der Waals surface area contributed by atoms with Crippen molar-refractivity contribution in [3.63, 3.8) is 0 Å². The van der Waals surface area contributed by atoms with Crippen LogP contribution in [-0.2, 0) is 0 Å². The van der Waals surface area contributed by atoms with E-state index in [1.165, 1.54) is 25.7 Å². The Morgan fingerprint density at radius 2 is 1.90 bits per heavy atom. The number of para-hydroxylation sites is 1. The molecule has 2 heteroatoms. The number of nitrogens with one attached hydrogen (secondary N) is 1. The maximum Gasteiger partial charge on any atom is 0.126 e. The molecule has 2 nitrogen and oxygen atoms in total. The van der Waals surface area contributed by atoms with Gasteiger partial charge in [-0.2, -0.15) is 0 Å². The summed E-state index contributed by atoms with van der Waals surface area (Å²) < 4.78 is 5.93. The van der Waals surface area contributed by atoms with E-state index in [1.54, 1.807) is 0 Å². The zero-order chi connectivity index (χ0) is 13.8. The lowest BCUT2D eigenvalue weighted by molar-refractivity contribution is 0.293. The molecule has 0 bridgehead atoms. The van der Waals surface area contributed by atoms with Gasteiger partial charge in [0.25, 0.3) is 0 Å². The van der Waals surface area contributed by atoms with Gasteiger partial charge in [-0.05, 0) is 50.5 Å². The van der Waals surface area contributed by atoms with Gasteiger partial charge in [0, 0.05) is 18.2 Å². The van der Waals surface area contributed by atoms with Gasteiger partial charge >= 0.3 is 0 Å². The number of benzene rings is 1. The quantitative estimate of drug-likeness (QED) is 0.725. The van der Waals surface area contributed by atoms with Crippen LogP contribution in [0.2, 0.25) is 0 Å². The first-order valence-electron chi connectivity index (χ1n) is 7.96. The minimum absolute atomic E-state index is 0.754. The van der Waals surface area contributed by atoms with Crippen molar-refractivity contribution in [2.75, 3.05) is 13.2 Å². The standard InChI is InChI=1S/C18H25NO/c1-2-5-14-6-3-4-7-17(14)20-13-12-19-18(15-8-9-15)16-10-11-16/h2-7,15-16,18-19H,8-13H2,1H3. The Labute approximate surface area is 122 Å². The van der Waals surface area contributed by atoms with Gasteiger partial charge in [-0.1, -0.05) is 30.4 Å². The first kappa shape index (κ1) is 13.7. The molecule has 2 saturated carbocycles. The average Bonchev–Trinajstić information content (AvgIpc) is 3.34. The Kier molecular flexibility index (Phi) is 4.41.